The van der Waals surface area contributed by atoms with Crippen LogP contribution in [0.15, 0.2) is 42.7 Å². The van der Waals surface area contributed by atoms with Crippen molar-refractivity contribution in [2.24, 2.45) is 5.92 Å². The molecule has 1 N–H and O–H groups in total. The summed E-state index contributed by atoms with van der Waals surface area (Å²) in [5.41, 5.74) is 1.95. The second-order valence-electron chi connectivity index (χ2n) is 5.95. The molecule has 120 valence electrons. The fourth-order valence-electron chi connectivity index (χ4n) is 2.81. The van der Waals surface area contributed by atoms with Gasteiger partial charge in [-0.05, 0) is 30.7 Å². The Kier molecular flexibility index (Phi) is 4.14. The van der Waals surface area contributed by atoms with Crippen molar-refractivity contribution in [3.05, 3.63) is 48.3 Å². The minimum absolute atomic E-state index is 0.0264. The molecule has 1 aliphatic heterocycles. The predicted octanol–water partition coefficient (Wildman–Crippen LogP) is 1.53. The van der Waals surface area contributed by atoms with Gasteiger partial charge in [0.15, 0.2) is 0 Å². The summed E-state index contributed by atoms with van der Waals surface area (Å²) in [6.07, 6.45) is 3.90. The molecule has 2 heterocycles. The van der Waals surface area contributed by atoms with Crippen LogP contribution >= 0.6 is 0 Å². The number of amides is 2. The van der Waals surface area contributed by atoms with Crippen LogP contribution in [0, 0.1) is 5.92 Å². The Balaban J connectivity index is 1.69. The average Bonchev–Trinajstić information content (AvgIpc) is 3.18. The van der Waals surface area contributed by atoms with Crippen molar-refractivity contribution in [1.29, 1.82) is 0 Å². The molecule has 6 heteroatoms. The SMILES string of the molecule is C[C@@H](NC(=O)[C@@H]1CC(=O)N(C)C1)c1cccc(-n2cccn2)c1. The molecule has 6 nitrogen and oxygen atoms in total. The van der Waals surface area contributed by atoms with Gasteiger partial charge in [0.25, 0.3) is 0 Å². The lowest BCUT2D eigenvalue weighted by molar-refractivity contribution is -0.128. The number of likely N-dealkylation sites (tertiary alicyclic amines) is 1. The van der Waals surface area contributed by atoms with Gasteiger partial charge < -0.3 is 10.2 Å². The number of rotatable bonds is 4. The molecule has 1 fully saturated rings. The molecule has 1 saturated heterocycles. The Hall–Kier alpha value is -2.63. The largest absolute Gasteiger partial charge is 0.349 e. The standard InChI is InChI=1S/C17H20N4O2/c1-12(19-17(23)14-10-16(22)20(2)11-14)13-5-3-6-15(9-13)21-8-4-7-18-21/h3-9,12,14H,10-11H2,1-2H3,(H,19,23)/t12-,14-/m1/s1. The van der Waals surface area contributed by atoms with Crippen LogP contribution in [0.4, 0.5) is 0 Å². The van der Waals surface area contributed by atoms with Gasteiger partial charge in [-0.15, -0.1) is 0 Å². The van der Waals surface area contributed by atoms with Crippen molar-refractivity contribution in [3.63, 3.8) is 0 Å². The smallest absolute Gasteiger partial charge is 0.225 e. The van der Waals surface area contributed by atoms with E-state index in [1.807, 2.05) is 43.5 Å². The molecule has 0 spiro atoms. The Morgan fingerprint density at radius 2 is 2.22 bits per heavy atom. The van der Waals surface area contributed by atoms with Crippen LogP contribution in [0.5, 0.6) is 0 Å². The van der Waals surface area contributed by atoms with Gasteiger partial charge >= 0.3 is 0 Å². The van der Waals surface area contributed by atoms with E-state index in [0.717, 1.165) is 11.3 Å². The Morgan fingerprint density at radius 1 is 1.39 bits per heavy atom. The van der Waals surface area contributed by atoms with Crippen molar-refractivity contribution in [3.8, 4) is 5.69 Å². The highest BCUT2D eigenvalue weighted by molar-refractivity contribution is 5.89. The fourth-order valence-corrected chi connectivity index (χ4v) is 2.81. The van der Waals surface area contributed by atoms with E-state index >= 15 is 0 Å². The zero-order valence-electron chi connectivity index (χ0n) is 13.3. The molecule has 2 aromatic rings. The van der Waals surface area contributed by atoms with Gasteiger partial charge in [0, 0.05) is 32.4 Å². The van der Waals surface area contributed by atoms with Crippen LogP contribution in [0.25, 0.3) is 5.69 Å². The number of carbonyl (C=O) groups is 2. The third-order valence-corrected chi connectivity index (χ3v) is 4.21. The highest BCUT2D eigenvalue weighted by atomic mass is 16.2. The van der Waals surface area contributed by atoms with Crippen LogP contribution in [-0.2, 0) is 9.59 Å². The van der Waals surface area contributed by atoms with E-state index in [0.29, 0.717) is 13.0 Å². The number of hydrogen-bond acceptors (Lipinski definition) is 3. The van der Waals surface area contributed by atoms with Gasteiger partial charge in [-0.2, -0.15) is 5.10 Å². The van der Waals surface area contributed by atoms with Gasteiger partial charge in [0.05, 0.1) is 17.6 Å². The minimum Gasteiger partial charge on any atom is -0.349 e. The first-order valence-corrected chi connectivity index (χ1v) is 7.69. The van der Waals surface area contributed by atoms with E-state index in [4.69, 9.17) is 0 Å². The Morgan fingerprint density at radius 3 is 2.87 bits per heavy atom. The molecule has 1 aliphatic rings. The fraction of sp³-hybridized carbons (Fsp3) is 0.353. The molecule has 1 aromatic heterocycles. The molecule has 0 bridgehead atoms. The molecule has 3 rings (SSSR count). The van der Waals surface area contributed by atoms with Crippen LogP contribution in [0.1, 0.15) is 24.9 Å². The lowest BCUT2D eigenvalue weighted by Gasteiger charge is -2.18. The number of carbonyl (C=O) groups excluding carboxylic acids is 2. The van der Waals surface area contributed by atoms with E-state index in [1.54, 1.807) is 22.8 Å². The number of nitrogens with one attached hydrogen (secondary N) is 1. The zero-order chi connectivity index (χ0) is 16.4. The van der Waals surface area contributed by atoms with Crippen molar-refractivity contribution >= 4 is 11.8 Å². The maximum absolute atomic E-state index is 12.3. The third kappa shape index (κ3) is 3.26. The predicted molar refractivity (Wildman–Crippen MR) is 85.9 cm³/mol. The third-order valence-electron chi connectivity index (χ3n) is 4.21. The second kappa shape index (κ2) is 6.24. The number of benzene rings is 1. The molecule has 2 atom stereocenters. The summed E-state index contributed by atoms with van der Waals surface area (Å²) in [5, 5.41) is 7.22. The summed E-state index contributed by atoms with van der Waals surface area (Å²) in [7, 11) is 1.73. The maximum atomic E-state index is 12.3. The average molecular weight is 312 g/mol. The molecule has 23 heavy (non-hydrogen) atoms. The summed E-state index contributed by atoms with van der Waals surface area (Å²) < 4.78 is 1.78. The Labute approximate surface area is 135 Å². The quantitative estimate of drug-likeness (QED) is 0.931. The van der Waals surface area contributed by atoms with Crippen molar-refractivity contribution < 1.29 is 9.59 Å². The highest BCUT2D eigenvalue weighted by Crippen LogP contribution is 2.20. The van der Waals surface area contributed by atoms with Crippen molar-refractivity contribution in [2.45, 2.75) is 19.4 Å². The summed E-state index contributed by atoms with van der Waals surface area (Å²) in [5.74, 6) is -0.303. The summed E-state index contributed by atoms with van der Waals surface area (Å²) in [6, 6.07) is 9.63. The number of aromatic nitrogens is 2. The molecule has 2 amide bonds. The summed E-state index contributed by atoms with van der Waals surface area (Å²) in [6.45, 7) is 2.44. The van der Waals surface area contributed by atoms with Crippen molar-refractivity contribution in [1.82, 2.24) is 20.0 Å². The monoisotopic (exact) mass is 312 g/mol. The molecule has 1 aromatic carbocycles. The minimum atomic E-state index is -0.260. The van der Waals surface area contributed by atoms with Gasteiger partial charge in [0.1, 0.15) is 0 Å². The normalized spacial score (nSPS) is 19.0. The highest BCUT2D eigenvalue weighted by Gasteiger charge is 2.32. The van der Waals surface area contributed by atoms with Crippen LogP contribution in [-0.4, -0.2) is 40.1 Å². The second-order valence-corrected chi connectivity index (χ2v) is 5.95. The van der Waals surface area contributed by atoms with Gasteiger partial charge in [-0.1, -0.05) is 12.1 Å². The van der Waals surface area contributed by atoms with E-state index < -0.39 is 0 Å². The van der Waals surface area contributed by atoms with Crippen molar-refractivity contribution in [2.75, 3.05) is 13.6 Å². The van der Waals surface area contributed by atoms with Gasteiger partial charge in [-0.3, -0.25) is 9.59 Å². The first-order valence-electron chi connectivity index (χ1n) is 7.69. The summed E-state index contributed by atoms with van der Waals surface area (Å²) >= 11 is 0. The molecular weight excluding hydrogens is 292 g/mol. The van der Waals surface area contributed by atoms with E-state index in [9.17, 15) is 9.59 Å². The lowest BCUT2D eigenvalue weighted by Crippen LogP contribution is -2.34. The summed E-state index contributed by atoms with van der Waals surface area (Å²) in [4.78, 5) is 25.5. The van der Waals surface area contributed by atoms with Crippen LogP contribution in [0.2, 0.25) is 0 Å². The molecule has 0 radical (unpaired) electrons. The zero-order valence-corrected chi connectivity index (χ0v) is 13.3. The van der Waals surface area contributed by atoms with Gasteiger partial charge in [0.2, 0.25) is 11.8 Å². The molecule has 0 saturated carbocycles. The van der Waals surface area contributed by atoms with Crippen LogP contribution < -0.4 is 5.32 Å². The number of hydrogen-bond donors (Lipinski definition) is 1. The first kappa shape index (κ1) is 15.3. The van der Waals surface area contributed by atoms with E-state index in [1.165, 1.54) is 0 Å². The maximum Gasteiger partial charge on any atom is 0.225 e. The van der Waals surface area contributed by atoms with E-state index in [-0.39, 0.29) is 23.8 Å². The first-order chi connectivity index (χ1) is 11.0. The molecular formula is C17H20N4O2. The topological polar surface area (TPSA) is 67.2 Å². The Bertz CT molecular complexity index is 711. The number of nitrogens with zero attached hydrogens (tertiary/aromatic N) is 3. The molecule has 0 aliphatic carbocycles. The van der Waals surface area contributed by atoms with E-state index in [2.05, 4.69) is 10.4 Å². The van der Waals surface area contributed by atoms with Gasteiger partial charge in [-0.25, -0.2) is 4.68 Å². The molecule has 0 unspecified atom stereocenters. The lowest BCUT2D eigenvalue weighted by atomic mass is 10.0. The van der Waals surface area contributed by atoms with Crippen LogP contribution in [0.3, 0.4) is 0 Å².